The Balaban J connectivity index is 4.07. The highest BCUT2D eigenvalue weighted by atomic mass is 16.5. The fraction of sp³-hybridized carbons (Fsp3) is 0.407. The van der Waals surface area contributed by atoms with Crippen LogP contribution in [0.1, 0.15) is 71.1 Å². The molecule has 0 fully saturated rings. The van der Waals surface area contributed by atoms with Crippen LogP contribution < -0.4 is 0 Å². The van der Waals surface area contributed by atoms with Crippen LogP contribution in [0.5, 0.6) is 0 Å². The van der Waals surface area contributed by atoms with E-state index in [1.54, 1.807) is 7.11 Å². The van der Waals surface area contributed by atoms with E-state index < -0.39 is 5.60 Å². The van der Waals surface area contributed by atoms with Crippen molar-refractivity contribution < 1.29 is 9.84 Å². The summed E-state index contributed by atoms with van der Waals surface area (Å²) in [5.41, 5.74) is 8.30. The zero-order valence-electron chi connectivity index (χ0n) is 19.8. The highest BCUT2D eigenvalue weighted by molar-refractivity contribution is 5.64. The third kappa shape index (κ3) is 5.61. The summed E-state index contributed by atoms with van der Waals surface area (Å²) in [6.45, 7) is 28.3. The van der Waals surface area contributed by atoms with Crippen LogP contribution in [0, 0.1) is 6.92 Å². The maximum absolute atomic E-state index is 11.1. The minimum absolute atomic E-state index is 0.205. The molecule has 0 aromatic heterocycles. The first-order valence-electron chi connectivity index (χ1n) is 10.0. The quantitative estimate of drug-likeness (QED) is 0.285. The molecule has 0 bridgehead atoms. The molecule has 1 atom stereocenters. The molecule has 0 spiro atoms. The molecule has 0 aliphatic rings. The second-order valence-electron chi connectivity index (χ2n) is 8.70. The van der Waals surface area contributed by atoms with E-state index >= 15 is 0 Å². The molecule has 29 heavy (non-hydrogen) atoms. The van der Waals surface area contributed by atoms with Crippen LogP contribution in [-0.2, 0) is 4.74 Å². The molecule has 158 valence electrons. The molecule has 1 aromatic rings. The number of benzene rings is 1. The standard InChI is InChI=1S/C27H38O2/c1-16(2)20(8)24(21(9)29-12)25(26(18(5)6)27(10,11)28)23-14-13-22(17(3)4)15-19(23)7/h13-15,25,28H,1,3,9H2,2,4-8,10-12H3/b24-20+. The maximum Gasteiger partial charge on any atom is 0.116 e. The van der Waals surface area contributed by atoms with Crippen molar-refractivity contribution in [2.45, 2.75) is 66.9 Å². The van der Waals surface area contributed by atoms with Crippen molar-refractivity contribution in [2.24, 2.45) is 0 Å². The van der Waals surface area contributed by atoms with Crippen LogP contribution in [0.2, 0.25) is 0 Å². The van der Waals surface area contributed by atoms with Gasteiger partial charge in [-0.15, -0.1) is 0 Å². The first-order chi connectivity index (χ1) is 13.2. The van der Waals surface area contributed by atoms with E-state index in [-0.39, 0.29) is 5.92 Å². The van der Waals surface area contributed by atoms with Gasteiger partial charge in [-0.25, -0.2) is 0 Å². The Bertz CT molecular complexity index is 882. The second-order valence-corrected chi connectivity index (χ2v) is 8.70. The molecule has 0 aliphatic heterocycles. The fourth-order valence-corrected chi connectivity index (χ4v) is 3.90. The number of methoxy groups -OCH3 is 1. The van der Waals surface area contributed by atoms with Crippen LogP contribution in [0.3, 0.4) is 0 Å². The summed E-state index contributed by atoms with van der Waals surface area (Å²) < 4.78 is 5.62. The molecule has 0 saturated heterocycles. The smallest absolute Gasteiger partial charge is 0.116 e. The minimum atomic E-state index is -1.02. The van der Waals surface area contributed by atoms with Crippen molar-refractivity contribution in [3.05, 3.63) is 88.3 Å². The van der Waals surface area contributed by atoms with Gasteiger partial charge in [-0.2, -0.15) is 0 Å². The van der Waals surface area contributed by atoms with Gasteiger partial charge in [0.05, 0.1) is 12.7 Å². The van der Waals surface area contributed by atoms with E-state index in [1.807, 2.05) is 48.5 Å². The zero-order chi connectivity index (χ0) is 22.7. The molecule has 2 heteroatoms. The third-order valence-corrected chi connectivity index (χ3v) is 5.44. The van der Waals surface area contributed by atoms with Crippen molar-refractivity contribution in [3.8, 4) is 0 Å². The molecule has 2 nitrogen and oxygen atoms in total. The van der Waals surface area contributed by atoms with Crippen molar-refractivity contribution in [1.29, 1.82) is 0 Å². The molecule has 1 unspecified atom stereocenters. The lowest BCUT2D eigenvalue weighted by Crippen LogP contribution is -2.30. The summed E-state index contributed by atoms with van der Waals surface area (Å²) in [7, 11) is 1.63. The van der Waals surface area contributed by atoms with E-state index in [4.69, 9.17) is 4.74 Å². The van der Waals surface area contributed by atoms with E-state index in [2.05, 4.69) is 44.9 Å². The maximum atomic E-state index is 11.1. The number of rotatable bonds is 8. The molecule has 0 heterocycles. The predicted octanol–water partition coefficient (Wildman–Crippen LogP) is 7.27. The Morgan fingerprint density at radius 2 is 1.59 bits per heavy atom. The van der Waals surface area contributed by atoms with Crippen molar-refractivity contribution >= 4 is 5.57 Å². The molecule has 1 N–H and O–H groups in total. The molecule has 0 aliphatic carbocycles. The van der Waals surface area contributed by atoms with Crippen LogP contribution in [0.15, 0.2) is 71.6 Å². The third-order valence-electron chi connectivity index (χ3n) is 5.44. The highest BCUT2D eigenvalue weighted by Gasteiger charge is 2.35. The summed E-state index contributed by atoms with van der Waals surface area (Å²) >= 11 is 0. The van der Waals surface area contributed by atoms with E-state index in [1.165, 1.54) is 0 Å². The first kappa shape index (κ1) is 24.7. The number of aryl methyl sites for hydroxylation is 1. The van der Waals surface area contributed by atoms with Gasteiger partial charge in [0.1, 0.15) is 5.76 Å². The van der Waals surface area contributed by atoms with Gasteiger partial charge in [0, 0.05) is 11.5 Å². The summed E-state index contributed by atoms with van der Waals surface area (Å²) in [6.07, 6.45) is 0. The summed E-state index contributed by atoms with van der Waals surface area (Å²) in [5, 5.41) is 11.1. The van der Waals surface area contributed by atoms with Crippen molar-refractivity contribution in [3.63, 3.8) is 0 Å². The number of hydrogen-bond acceptors (Lipinski definition) is 2. The monoisotopic (exact) mass is 394 g/mol. The lowest BCUT2D eigenvalue weighted by molar-refractivity contribution is 0.113. The van der Waals surface area contributed by atoms with E-state index in [0.717, 1.165) is 50.1 Å². The number of ether oxygens (including phenoxy) is 1. The lowest BCUT2D eigenvalue weighted by Gasteiger charge is -2.35. The van der Waals surface area contributed by atoms with Crippen molar-refractivity contribution in [2.75, 3.05) is 7.11 Å². The molecule has 1 rings (SSSR count). The second kappa shape index (κ2) is 9.45. The average Bonchev–Trinajstić information content (AvgIpc) is 2.58. The van der Waals surface area contributed by atoms with Gasteiger partial charge in [-0.3, -0.25) is 0 Å². The Kier molecular flexibility index (Phi) is 8.06. The van der Waals surface area contributed by atoms with Crippen LogP contribution in [0.4, 0.5) is 0 Å². The first-order valence-corrected chi connectivity index (χ1v) is 10.0. The average molecular weight is 395 g/mol. The zero-order valence-corrected chi connectivity index (χ0v) is 19.8. The Morgan fingerprint density at radius 3 is 1.93 bits per heavy atom. The fourth-order valence-electron chi connectivity index (χ4n) is 3.90. The minimum Gasteiger partial charge on any atom is -0.497 e. The summed E-state index contributed by atoms with van der Waals surface area (Å²) in [6, 6.07) is 6.38. The number of aliphatic hydroxyl groups is 1. The predicted molar refractivity (Wildman–Crippen MR) is 127 cm³/mol. The van der Waals surface area contributed by atoms with Gasteiger partial charge in [0.25, 0.3) is 0 Å². The largest absolute Gasteiger partial charge is 0.497 e. The topological polar surface area (TPSA) is 29.5 Å². The SMILES string of the molecule is C=C(C)/C(C)=C(\C(=C)OC)C(C(=C(C)C)C(C)(C)O)c1ccc(C(=C)C)cc1C. The molecule has 1 aromatic carbocycles. The van der Waals surface area contributed by atoms with E-state index in [0.29, 0.717) is 5.76 Å². The van der Waals surface area contributed by atoms with Gasteiger partial charge in [-0.05, 0) is 83.2 Å². The van der Waals surface area contributed by atoms with E-state index in [9.17, 15) is 5.11 Å². The van der Waals surface area contributed by atoms with Crippen LogP contribution in [0.25, 0.3) is 5.57 Å². The number of hydrogen-bond donors (Lipinski definition) is 1. The van der Waals surface area contributed by atoms with Gasteiger partial charge in [0.15, 0.2) is 0 Å². The molecule has 0 amide bonds. The molecule has 0 saturated carbocycles. The van der Waals surface area contributed by atoms with Gasteiger partial charge < -0.3 is 9.84 Å². The molecule has 0 radical (unpaired) electrons. The summed E-state index contributed by atoms with van der Waals surface area (Å²) in [5.74, 6) is 0.380. The van der Waals surface area contributed by atoms with Gasteiger partial charge >= 0.3 is 0 Å². The Hall–Kier alpha value is -2.32. The summed E-state index contributed by atoms with van der Waals surface area (Å²) in [4.78, 5) is 0. The normalized spacial score (nSPS) is 13.3. The lowest BCUT2D eigenvalue weighted by atomic mass is 9.72. The highest BCUT2D eigenvalue weighted by Crippen LogP contribution is 2.45. The van der Waals surface area contributed by atoms with Crippen LogP contribution >= 0.6 is 0 Å². The Morgan fingerprint density at radius 1 is 1.03 bits per heavy atom. The Labute approximate surface area is 178 Å². The molecular weight excluding hydrogens is 356 g/mol. The van der Waals surface area contributed by atoms with Crippen LogP contribution in [-0.4, -0.2) is 17.8 Å². The van der Waals surface area contributed by atoms with Crippen molar-refractivity contribution in [1.82, 2.24) is 0 Å². The van der Waals surface area contributed by atoms with Gasteiger partial charge in [-0.1, -0.05) is 54.7 Å². The molecular formula is C27H38O2. The number of allylic oxidation sites excluding steroid dienone is 5. The van der Waals surface area contributed by atoms with Gasteiger partial charge in [0.2, 0.25) is 0 Å².